The number of nitrogens with one attached hydrogen (secondary N) is 1. The van der Waals surface area contributed by atoms with E-state index in [-0.39, 0.29) is 6.04 Å². The summed E-state index contributed by atoms with van der Waals surface area (Å²) in [5, 5.41) is 0. The molecule has 0 radical (unpaired) electrons. The highest BCUT2D eigenvalue weighted by Crippen LogP contribution is 2.33. The molecule has 112 valence electrons. The lowest BCUT2D eigenvalue weighted by molar-refractivity contribution is 0.333. The standard InChI is InChI=1S/C18H24N2O/c1-5-21-16-9-7-6-8-15(16)18(20-19)17-13(3)10-12(2)11-14(17)4/h6-11,18,20H,5,19H2,1-4H3. The summed E-state index contributed by atoms with van der Waals surface area (Å²) in [6, 6.07) is 12.4. The number of rotatable bonds is 5. The van der Waals surface area contributed by atoms with Gasteiger partial charge in [-0.2, -0.15) is 0 Å². The fourth-order valence-electron chi connectivity index (χ4n) is 2.98. The summed E-state index contributed by atoms with van der Waals surface area (Å²) in [5.74, 6) is 6.75. The Kier molecular flexibility index (Phi) is 4.99. The van der Waals surface area contributed by atoms with E-state index in [1.165, 1.54) is 22.3 Å². The first kappa shape index (κ1) is 15.5. The molecule has 2 rings (SSSR count). The van der Waals surface area contributed by atoms with Gasteiger partial charge >= 0.3 is 0 Å². The Morgan fingerprint density at radius 2 is 1.71 bits per heavy atom. The van der Waals surface area contributed by atoms with Crippen LogP contribution in [-0.4, -0.2) is 6.61 Å². The van der Waals surface area contributed by atoms with Crippen LogP contribution in [0.1, 0.15) is 40.8 Å². The van der Waals surface area contributed by atoms with Crippen molar-refractivity contribution in [2.75, 3.05) is 6.61 Å². The summed E-state index contributed by atoms with van der Waals surface area (Å²) >= 11 is 0. The number of hydrazine groups is 1. The van der Waals surface area contributed by atoms with Crippen LogP contribution < -0.4 is 16.0 Å². The average Bonchev–Trinajstić information content (AvgIpc) is 2.44. The molecule has 3 nitrogen and oxygen atoms in total. The van der Waals surface area contributed by atoms with Crippen molar-refractivity contribution in [2.45, 2.75) is 33.7 Å². The van der Waals surface area contributed by atoms with E-state index in [0.717, 1.165) is 11.3 Å². The SMILES string of the molecule is CCOc1ccccc1C(NN)c1c(C)cc(C)cc1C. The number of ether oxygens (including phenoxy) is 1. The lowest BCUT2D eigenvalue weighted by Gasteiger charge is -2.24. The monoisotopic (exact) mass is 284 g/mol. The Morgan fingerprint density at radius 1 is 1.10 bits per heavy atom. The maximum absolute atomic E-state index is 5.87. The van der Waals surface area contributed by atoms with Crippen molar-refractivity contribution in [2.24, 2.45) is 5.84 Å². The van der Waals surface area contributed by atoms with E-state index in [0.29, 0.717) is 6.61 Å². The first-order chi connectivity index (χ1) is 10.1. The molecule has 0 aliphatic heterocycles. The summed E-state index contributed by atoms with van der Waals surface area (Å²) in [4.78, 5) is 0. The van der Waals surface area contributed by atoms with Crippen molar-refractivity contribution >= 4 is 0 Å². The minimum atomic E-state index is -0.0756. The number of hydrogen-bond donors (Lipinski definition) is 2. The second-order valence-corrected chi connectivity index (χ2v) is 5.38. The highest BCUT2D eigenvalue weighted by Gasteiger charge is 2.20. The van der Waals surface area contributed by atoms with Crippen LogP contribution in [0.2, 0.25) is 0 Å². The van der Waals surface area contributed by atoms with Gasteiger partial charge in [0.2, 0.25) is 0 Å². The Morgan fingerprint density at radius 3 is 2.29 bits per heavy atom. The van der Waals surface area contributed by atoms with Gasteiger partial charge in [0, 0.05) is 5.56 Å². The van der Waals surface area contributed by atoms with Crippen LogP contribution in [0, 0.1) is 20.8 Å². The van der Waals surface area contributed by atoms with Crippen LogP contribution in [0.4, 0.5) is 0 Å². The molecule has 0 aliphatic carbocycles. The third-order valence-corrected chi connectivity index (χ3v) is 3.72. The largest absolute Gasteiger partial charge is 0.494 e. The van der Waals surface area contributed by atoms with Crippen LogP contribution >= 0.6 is 0 Å². The predicted molar refractivity (Wildman–Crippen MR) is 87.4 cm³/mol. The van der Waals surface area contributed by atoms with Gasteiger partial charge < -0.3 is 4.74 Å². The molecule has 2 aromatic rings. The van der Waals surface area contributed by atoms with Gasteiger partial charge in [-0.1, -0.05) is 35.9 Å². The maximum Gasteiger partial charge on any atom is 0.124 e. The maximum atomic E-state index is 5.87. The molecule has 1 atom stereocenters. The van der Waals surface area contributed by atoms with Crippen LogP contribution in [0.15, 0.2) is 36.4 Å². The molecule has 0 aliphatic rings. The van der Waals surface area contributed by atoms with Gasteiger partial charge in [-0.15, -0.1) is 0 Å². The van der Waals surface area contributed by atoms with Crippen LogP contribution in [0.3, 0.4) is 0 Å². The van der Waals surface area contributed by atoms with Gasteiger partial charge in [-0.3, -0.25) is 5.84 Å². The van der Waals surface area contributed by atoms with Gasteiger partial charge in [-0.05, 0) is 50.5 Å². The number of benzene rings is 2. The molecule has 0 spiro atoms. The molecule has 0 saturated carbocycles. The minimum Gasteiger partial charge on any atom is -0.494 e. The van der Waals surface area contributed by atoms with Crippen LogP contribution in [0.25, 0.3) is 0 Å². The van der Waals surface area contributed by atoms with E-state index in [4.69, 9.17) is 10.6 Å². The second kappa shape index (κ2) is 6.74. The molecule has 3 N–H and O–H groups in total. The molecule has 3 heteroatoms. The zero-order valence-corrected chi connectivity index (χ0v) is 13.2. The third-order valence-electron chi connectivity index (χ3n) is 3.72. The van der Waals surface area contributed by atoms with E-state index in [1.807, 2.05) is 25.1 Å². The fraction of sp³-hybridized carbons (Fsp3) is 0.333. The summed E-state index contributed by atoms with van der Waals surface area (Å²) in [6.45, 7) is 9.00. The normalized spacial score (nSPS) is 12.2. The molecular formula is C18H24N2O. The van der Waals surface area contributed by atoms with Crippen LogP contribution in [-0.2, 0) is 0 Å². The number of para-hydroxylation sites is 1. The van der Waals surface area contributed by atoms with E-state index >= 15 is 0 Å². The highest BCUT2D eigenvalue weighted by atomic mass is 16.5. The first-order valence-corrected chi connectivity index (χ1v) is 7.34. The zero-order valence-electron chi connectivity index (χ0n) is 13.2. The lowest BCUT2D eigenvalue weighted by atomic mass is 9.90. The molecule has 2 aromatic carbocycles. The molecule has 0 saturated heterocycles. The van der Waals surface area contributed by atoms with E-state index < -0.39 is 0 Å². The topological polar surface area (TPSA) is 47.3 Å². The molecule has 1 unspecified atom stereocenters. The van der Waals surface area contributed by atoms with Crippen molar-refractivity contribution in [1.82, 2.24) is 5.43 Å². The molecule has 0 aromatic heterocycles. The minimum absolute atomic E-state index is 0.0756. The third kappa shape index (κ3) is 3.26. The fourth-order valence-corrected chi connectivity index (χ4v) is 2.98. The molecule has 0 amide bonds. The summed E-state index contributed by atoms with van der Waals surface area (Å²) < 4.78 is 5.75. The highest BCUT2D eigenvalue weighted by molar-refractivity contribution is 5.48. The Labute approximate surface area is 127 Å². The van der Waals surface area contributed by atoms with E-state index in [9.17, 15) is 0 Å². The van der Waals surface area contributed by atoms with Crippen molar-refractivity contribution < 1.29 is 4.74 Å². The predicted octanol–water partition coefficient (Wildman–Crippen LogP) is 3.56. The van der Waals surface area contributed by atoms with Gasteiger partial charge in [-0.25, -0.2) is 5.43 Å². The summed E-state index contributed by atoms with van der Waals surface area (Å²) in [7, 11) is 0. The second-order valence-electron chi connectivity index (χ2n) is 5.38. The summed E-state index contributed by atoms with van der Waals surface area (Å²) in [6.07, 6.45) is 0. The molecule has 21 heavy (non-hydrogen) atoms. The molecule has 0 fully saturated rings. The zero-order chi connectivity index (χ0) is 15.4. The molecule has 0 bridgehead atoms. The van der Waals surface area contributed by atoms with Crippen molar-refractivity contribution in [1.29, 1.82) is 0 Å². The van der Waals surface area contributed by atoms with Crippen LogP contribution in [0.5, 0.6) is 5.75 Å². The van der Waals surface area contributed by atoms with Crippen molar-refractivity contribution in [3.63, 3.8) is 0 Å². The molecular weight excluding hydrogens is 260 g/mol. The Balaban J connectivity index is 2.55. The van der Waals surface area contributed by atoms with Gasteiger partial charge in [0.15, 0.2) is 0 Å². The van der Waals surface area contributed by atoms with Crippen molar-refractivity contribution in [3.8, 4) is 5.75 Å². The number of nitrogens with two attached hydrogens (primary N) is 1. The van der Waals surface area contributed by atoms with Gasteiger partial charge in [0.05, 0.1) is 12.6 Å². The molecule has 0 heterocycles. The quantitative estimate of drug-likeness (QED) is 0.652. The van der Waals surface area contributed by atoms with E-state index in [2.05, 4.69) is 44.4 Å². The Hall–Kier alpha value is -1.84. The van der Waals surface area contributed by atoms with E-state index in [1.54, 1.807) is 0 Å². The Bertz CT molecular complexity index is 599. The number of hydrogen-bond acceptors (Lipinski definition) is 3. The smallest absolute Gasteiger partial charge is 0.124 e. The number of aryl methyl sites for hydroxylation is 3. The average molecular weight is 284 g/mol. The van der Waals surface area contributed by atoms with Gasteiger partial charge in [0.1, 0.15) is 5.75 Å². The van der Waals surface area contributed by atoms with Gasteiger partial charge in [0.25, 0.3) is 0 Å². The van der Waals surface area contributed by atoms with Crippen molar-refractivity contribution in [3.05, 3.63) is 64.2 Å². The first-order valence-electron chi connectivity index (χ1n) is 7.34. The lowest BCUT2D eigenvalue weighted by Crippen LogP contribution is -2.30. The summed E-state index contributed by atoms with van der Waals surface area (Å²) in [5.41, 5.74) is 8.98.